The van der Waals surface area contributed by atoms with Crippen molar-refractivity contribution >= 4 is 12.0 Å². The van der Waals surface area contributed by atoms with Crippen molar-refractivity contribution < 1.29 is 19.4 Å². The minimum Gasteiger partial charge on any atom is -0.481 e. The van der Waals surface area contributed by atoms with Gasteiger partial charge < -0.3 is 19.6 Å². The first-order valence-corrected chi connectivity index (χ1v) is 7.31. The minimum absolute atomic E-state index is 0.108. The van der Waals surface area contributed by atoms with Crippen LogP contribution in [-0.4, -0.2) is 65.8 Å². The number of aliphatic carboxylic acids is 1. The zero-order chi connectivity index (χ0) is 15.3. The summed E-state index contributed by atoms with van der Waals surface area (Å²) in [4.78, 5) is 27.2. The minimum atomic E-state index is -0.899. The molecule has 2 amide bonds. The van der Waals surface area contributed by atoms with Crippen molar-refractivity contribution in [3.8, 4) is 0 Å². The zero-order valence-corrected chi connectivity index (χ0v) is 12.8. The van der Waals surface area contributed by atoms with E-state index in [9.17, 15) is 14.7 Å². The smallest absolute Gasteiger partial charge is 0.320 e. The summed E-state index contributed by atoms with van der Waals surface area (Å²) in [6, 6.07) is -0.299. The third kappa shape index (κ3) is 3.42. The Balaban J connectivity index is 2.84. The lowest BCUT2D eigenvalue weighted by Gasteiger charge is -2.36. The summed E-state index contributed by atoms with van der Waals surface area (Å²) in [5.74, 6) is -1.53. The third-order valence-corrected chi connectivity index (χ3v) is 4.15. The number of ether oxygens (including phenoxy) is 1. The summed E-state index contributed by atoms with van der Waals surface area (Å²) in [5.41, 5.74) is 0. The summed E-state index contributed by atoms with van der Waals surface area (Å²) in [6.45, 7) is 6.93. The van der Waals surface area contributed by atoms with Crippen molar-refractivity contribution in [2.75, 3.05) is 26.8 Å². The van der Waals surface area contributed by atoms with Gasteiger partial charge in [-0.2, -0.15) is 0 Å². The van der Waals surface area contributed by atoms with E-state index >= 15 is 0 Å². The monoisotopic (exact) mass is 286 g/mol. The van der Waals surface area contributed by atoms with Crippen LogP contribution in [0.3, 0.4) is 0 Å². The second kappa shape index (κ2) is 7.47. The fourth-order valence-corrected chi connectivity index (χ4v) is 2.79. The van der Waals surface area contributed by atoms with Crippen LogP contribution in [0.25, 0.3) is 0 Å². The van der Waals surface area contributed by atoms with Crippen molar-refractivity contribution in [3.05, 3.63) is 0 Å². The van der Waals surface area contributed by atoms with E-state index in [-0.39, 0.29) is 24.7 Å². The normalized spacial score (nSPS) is 22.1. The molecule has 0 spiro atoms. The van der Waals surface area contributed by atoms with E-state index in [0.29, 0.717) is 13.2 Å². The molecule has 1 saturated heterocycles. The number of carbonyl (C=O) groups is 2. The first-order valence-electron chi connectivity index (χ1n) is 7.31. The molecule has 1 fully saturated rings. The fourth-order valence-electron chi connectivity index (χ4n) is 2.79. The second-order valence-electron chi connectivity index (χ2n) is 5.20. The Bertz CT molecular complexity index is 344. The number of nitrogens with zero attached hydrogens (tertiary/aromatic N) is 2. The first kappa shape index (κ1) is 16.8. The van der Waals surface area contributed by atoms with Crippen molar-refractivity contribution in [1.82, 2.24) is 9.80 Å². The van der Waals surface area contributed by atoms with Crippen LogP contribution < -0.4 is 0 Å². The first-order chi connectivity index (χ1) is 9.47. The maximum absolute atomic E-state index is 12.6. The molecule has 1 aliphatic rings. The molecule has 2 unspecified atom stereocenters. The highest BCUT2D eigenvalue weighted by atomic mass is 16.5. The standard InChI is InChI=1S/C14H26N2O4/c1-5-10(6-2)15(4)14(19)16(7-3)12-9-20-8-11(12)13(17)18/h10-12H,5-9H2,1-4H3,(H,17,18). The largest absolute Gasteiger partial charge is 0.481 e. The molecular formula is C14H26N2O4. The predicted molar refractivity (Wildman–Crippen MR) is 75.6 cm³/mol. The van der Waals surface area contributed by atoms with Crippen LogP contribution in [0.1, 0.15) is 33.6 Å². The van der Waals surface area contributed by atoms with E-state index in [1.54, 1.807) is 16.8 Å². The van der Waals surface area contributed by atoms with Gasteiger partial charge in [-0.1, -0.05) is 13.8 Å². The van der Waals surface area contributed by atoms with E-state index in [1.807, 2.05) is 20.8 Å². The van der Waals surface area contributed by atoms with Gasteiger partial charge in [-0.05, 0) is 19.8 Å². The van der Waals surface area contributed by atoms with Crippen LogP contribution in [0.5, 0.6) is 0 Å². The number of hydrogen-bond donors (Lipinski definition) is 1. The number of hydrogen-bond acceptors (Lipinski definition) is 3. The molecule has 1 aliphatic heterocycles. The Hall–Kier alpha value is -1.30. The third-order valence-electron chi connectivity index (χ3n) is 4.15. The molecule has 6 nitrogen and oxygen atoms in total. The molecule has 1 rings (SSSR count). The SMILES string of the molecule is CCC(CC)N(C)C(=O)N(CC)C1COCC1C(=O)O. The van der Waals surface area contributed by atoms with Gasteiger partial charge in [-0.25, -0.2) is 4.79 Å². The molecule has 1 heterocycles. The summed E-state index contributed by atoms with van der Waals surface area (Å²) < 4.78 is 5.26. The number of rotatable bonds is 6. The molecule has 0 aromatic heterocycles. The van der Waals surface area contributed by atoms with Crippen molar-refractivity contribution in [1.29, 1.82) is 0 Å². The van der Waals surface area contributed by atoms with Crippen LogP contribution in [0.4, 0.5) is 4.79 Å². The molecular weight excluding hydrogens is 260 g/mol. The van der Waals surface area contributed by atoms with Gasteiger partial charge in [0.15, 0.2) is 0 Å². The van der Waals surface area contributed by atoms with Crippen LogP contribution in [0, 0.1) is 5.92 Å². The summed E-state index contributed by atoms with van der Waals surface area (Å²) in [5, 5.41) is 9.22. The van der Waals surface area contributed by atoms with Gasteiger partial charge in [0.25, 0.3) is 0 Å². The van der Waals surface area contributed by atoms with Gasteiger partial charge in [-0.15, -0.1) is 0 Å². The quantitative estimate of drug-likeness (QED) is 0.806. The average molecular weight is 286 g/mol. The molecule has 20 heavy (non-hydrogen) atoms. The van der Waals surface area contributed by atoms with Gasteiger partial charge in [0.05, 0.1) is 19.3 Å². The van der Waals surface area contributed by atoms with Crippen molar-refractivity contribution in [3.63, 3.8) is 0 Å². The van der Waals surface area contributed by atoms with E-state index in [0.717, 1.165) is 12.8 Å². The van der Waals surface area contributed by atoms with E-state index < -0.39 is 11.9 Å². The van der Waals surface area contributed by atoms with Gasteiger partial charge in [-0.3, -0.25) is 4.79 Å². The summed E-state index contributed by atoms with van der Waals surface area (Å²) in [6.07, 6.45) is 1.78. The lowest BCUT2D eigenvalue weighted by molar-refractivity contribution is -0.142. The number of carbonyl (C=O) groups excluding carboxylic acids is 1. The van der Waals surface area contributed by atoms with E-state index in [1.165, 1.54) is 0 Å². The Kier molecular flexibility index (Phi) is 6.26. The number of likely N-dealkylation sites (N-methyl/N-ethyl adjacent to an activating group) is 1. The van der Waals surface area contributed by atoms with E-state index in [4.69, 9.17) is 4.74 Å². The molecule has 0 bridgehead atoms. The highest BCUT2D eigenvalue weighted by Gasteiger charge is 2.40. The van der Waals surface area contributed by atoms with Crippen molar-refractivity contribution in [2.24, 2.45) is 5.92 Å². The lowest BCUT2D eigenvalue weighted by atomic mass is 10.0. The average Bonchev–Trinajstić information content (AvgIpc) is 2.90. The summed E-state index contributed by atoms with van der Waals surface area (Å²) >= 11 is 0. The topological polar surface area (TPSA) is 70.1 Å². The van der Waals surface area contributed by atoms with Crippen molar-refractivity contribution in [2.45, 2.75) is 45.7 Å². The number of amides is 2. The Morgan fingerprint density at radius 1 is 1.25 bits per heavy atom. The van der Waals surface area contributed by atoms with Crippen LogP contribution in [0.15, 0.2) is 0 Å². The van der Waals surface area contributed by atoms with Crippen LogP contribution in [-0.2, 0) is 9.53 Å². The zero-order valence-electron chi connectivity index (χ0n) is 12.8. The maximum Gasteiger partial charge on any atom is 0.320 e. The van der Waals surface area contributed by atoms with Gasteiger partial charge >= 0.3 is 12.0 Å². The Morgan fingerprint density at radius 2 is 1.85 bits per heavy atom. The van der Waals surface area contributed by atoms with Gasteiger partial charge in [0, 0.05) is 19.6 Å². The predicted octanol–water partition coefficient (Wildman–Crippen LogP) is 1.65. The Labute approximate surface area is 120 Å². The highest BCUT2D eigenvalue weighted by molar-refractivity contribution is 5.77. The molecule has 6 heteroatoms. The number of carboxylic acids is 1. The van der Waals surface area contributed by atoms with E-state index in [2.05, 4.69) is 0 Å². The lowest BCUT2D eigenvalue weighted by Crippen LogP contribution is -2.53. The van der Waals surface area contributed by atoms with Gasteiger partial charge in [0.1, 0.15) is 5.92 Å². The highest BCUT2D eigenvalue weighted by Crippen LogP contribution is 2.22. The summed E-state index contributed by atoms with van der Waals surface area (Å²) in [7, 11) is 1.79. The maximum atomic E-state index is 12.6. The molecule has 116 valence electrons. The molecule has 0 aliphatic carbocycles. The second-order valence-corrected chi connectivity index (χ2v) is 5.20. The van der Waals surface area contributed by atoms with Gasteiger partial charge in [0.2, 0.25) is 0 Å². The van der Waals surface area contributed by atoms with Crippen LogP contribution >= 0.6 is 0 Å². The molecule has 0 saturated carbocycles. The molecule has 0 radical (unpaired) electrons. The number of carboxylic acid groups (broad SMARTS) is 1. The number of urea groups is 1. The molecule has 0 aromatic rings. The van der Waals surface area contributed by atoms with Crippen LogP contribution in [0.2, 0.25) is 0 Å². The fraction of sp³-hybridized carbons (Fsp3) is 0.857. The molecule has 0 aromatic carbocycles. The molecule has 1 N–H and O–H groups in total. The molecule has 2 atom stereocenters. The Morgan fingerprint density at radius 3 is 2.30 bits per heavy atom.